The third-order valence-corrected chi connectivity index (χ3v) is 4.26. The van der Waals surface area contributed by atoms with Gasteiger partial charge < -0.3 is 9.64 Å². The summed E-state index contributed by atoms with van der Waals surface area (Å²) in [7, 11) is 0. The fourth-order valence-electron chi connectivity index (χ4n) is 2.75. The summed E-state index contributed by atoms with van der Waals surface area (Å²) >= 11 is 6.17. The average molecular weight is 358 g/mol. The fourth-order valence-corrected chi connectivity index (χ4v) is 2.98. The van der Waals surface area contributed by atoms with Crippen molar-refractivity contribution in [2.75, 3.05) is 18.1 Å². The van der Waals surface area contributed by atoms with Gasteiger partial charge in [0.25, 0.3) is 5.91 Å². The molecule has 0 radical (unpaired) electrons. The second kappa shape index (κ2) is 6.22. The molecule has 4 rings (SSSR count). The van der Waals surface area contributed by atoms with Gasteiger partial charge in [-0.2, -0.15) is 5.10 Å². The number of nitrogens with zero attached hydrogens (tertiary/aromatic N) is 3. The third-order valence-electron chi connectivity index (χ3n) is 3.94. The second-order valence-corrected chi connectivity index (χ2v) is 5.92. The number of ether oxygens (including phenoxy) is 1. The maximum Gasteiger partial charge on any atom is 0.279 e. The Kier molecular flexibility index (Phi) is 3.89. The number of carbonyl (C=O) groups excluding carboxylic acids is 1. The topological polar surface area (TPSA) is 47.4 Å². The first kappa shape index (κ1) is 15.7. The lowest BCUT2D eigenvalue weighted by molar-refractivity contribution is 0.0971. The molecule has 0 unspecified atom stereocenters. The van der Waals surface area contributed by atoms with E-state index >= 15 is 0 Å². The maximum atomic E-state index is 13.4. The van der Waals surface area contributed by atoms with Crippen LogP contribution in [0.3, 0.4) is 0 Å². The second-order valence-electron chi connectivity index (χ2n) is 5.51. The highest BCUT2D eigenvalue weighted by molar-refractivity contribution is 6.32. The van der Waals surface area contributed by atoms with E-state index in [9.17, 15) is 9.18 Å². The Hall–Kier alpha value is -2.86. The molecule has 3 aromatic rings. The van der Waals surface area contributed by atoms with Crippen molar-refractivity contribution in [2.24, 2.45) is 0 Å². The molecular formula is C18H13ClFN3O2. The molecule has 0 bridgehead atoms. The number of hydrogen-bond acceptors (Lipinski definition) is 3. The van der Waals surface area contributed by atoms with Gasteiger partial charge in [-0.15, -0.1) is 0 Å². The van der Waals surface area contributed by atoms with Crippen molar-refractivity contribution in [3.8, 4) is 11.4 Å². The third kappa shape index (κ3) is 2.85. The van der Waals surface area contributed by atoms with Gasteiger partial charge in [0.1, 0.15) is 18.2 Å². The van der Waals surface area contributed by atoms with Gasteiger partial charge in [0.2, 0.25) is 0 Å². The van der Waals surface area contributed by atoms with E-state index in [2.05, 4.69) is 5.10 Å². The molecule has 1 aliphatic heterocycles. The summed E-state index contributed by atoms with van der Waals surface area (Å²) in [5.74, 6) is -0.330. The van der Waals surface area contributed by atoms with Gasteiger partial charge in [-0.05, 0) is 30.3 Å². The van der Waals surface area contributed by atoms with E-state index in [1.165, 1.54) is 23.1 Å². The Morgan fingerprint density at radius 2 is 2.00 bits per heavy atom. The molecule has 1 aromatic heterocycles. The Bertz CT molecular complexity index is 957. The summed E-state index contributed by atoms with van der Waals surface area (Å²) in [4.78, 5) is 14.4. The molecule has 2 aromatic carbocycles. The highest BCUT2D eigenvalue weighted by Crippen LogP contribution is 2.33. The molecule has 2 heterocycles. The molecule has 0 aliphatic carbocycles. The SMILES string of the molecule is O=C(c1ccn(-c2ccccc2Cl)n1)N1CCOc2cc(F)ccc21. The molecule has 0 saturated carbocycles. The average Bonchev–Trinajstić information content (AvgIpc) is 3.10. The number of anilines is 1. The molecule has 0 spiro atoms. The number of halogens is 2. The lowest BCUT2D eigenvalue weighted by Gasteiger charge is -2.28. The van der Waals surface area contributed by atoms with E-state index in [1.807, 2.05) is 18.2 Å². The van der Waals surface area contributed by atoms with E-state index in [1.54, 1.807) is 23.0 Å². The predicted molar refractivity (Wildman–Crippen MR) is 92.1 cm³/mol. The Morgan fingerprint density at radius 1 is 1.16 bits per heavy atom. The molecule has 1 aliphatic rings. The lowest BCUT2D eigenvalue weighted by atomic mass is 10.2. The minimum absolute atomic E-state index is 0.275. The van der Waals surface area contributed by atoms with Gasteiger partial charge in [-0.25, -0.2) is 9.07 Å². The van der Waals surface area contributed by atoms with Crippen LogP contribution in [-0.4, -0.2) is 28.8 Å². The zero-order valence-electron chi connectivity index (χ0n) is 13.0. The zero-order valence-corrected chi connectivity index (χ0v) is 13.8. The first-order chi connectivity index (χ1) is 12.1. The van der Waals surface area contributed by atoms with Gasteiger partial charge in [0.15, 0.2) is 5.69 Å². The molecule has 0 fully saturated rings. The molecular weight excluding hydrogens is 345 g/mol. The van der Waals surface area contributed by atoms with Gasteiger partial charge >= 0.3 is 0 Å². The monoisotopic (exact) mass is 357 g/mol. The largest absolute Gasteiger partial charge is 0.489 e. The van der Waals surface area contributed by atoms with Crippen molar-refractivity contribution < 1.29 is 13.9 Å². The van der Waals surface area contributed by atoms with Crippen LogP contribution < -0.4 is 9.64 Å². The van der Waals surface area contributed by atoms with E-state index in [0.717, 1.165) is 0 Å². The van der Waals surface area contributed by atoms with Gasteiger partial charge in [-0.1, -0.05) is 23.7 Å². The first-order valence-corrected chi connectivity index (χ1v) is 8.06. The zero-order chi connectivity index (χ0) is 17.4. The summed E-state index contributed by atoms with van der Waals surface area (Å²) in [6.07, 6.45) is 1.68. The molecule has 0 atom stereocenters. The summed E-state index contributed by atoms with van der Waals surface area (Å²) in [5, 5.41) is 4.87. The minimum Gasteiger partial charge on any atom is -0.489 e. The van der Waals surface area contributed by atoms with Crippen LogP contribution in [0, 0.1) is 5.82 Å². The van der Waals surface area contributed by atoms with E-state index in [-0.39, 0.29) is 11.6 Å². The Labute approximate surface area is 148 Å². The van der Waals surface area contributed by atoms with Crippen LogP contribution >= 0.6 is 11.6 Å². The summed E-state index contributed by atoms with van der Waals surface area (Å²) in [6, 6.07) is 13.0. The Morgan fingerprint density at radius 3 is 2.84 bits per heavy atom. The minimum atomic E-state index is -0.406. The number of aromatic nitrogens is 2. The van der Waals surface area contributed by atoms with Gasteiger partial charge in [0.05, 0.1) is 22.9 Å². The lowest BCUT2D eigenvalue weighted by Crippen LogP contribution is -2.38. The molecule has 25 heavy (non-hydrogen) atoms. The van der Waals surface area contributed by atoms with Crippen molar-refractivity contribution in [3.05, 3.63) is 71.3 Å². The van der Waals surface area contributed by atoms with Gasteiger partial charge in [0, 0.05) is 12.3 Å². The molecule has 5 nitrogen and oxygen atoms in total. The van der Waals surface area contributed by atoms with Gasteiger partial charge in [-0.3, -0.25) is 4.79 Å². The number of carbonyl (C=O) groups is 1. The van der Waals surface area contributed by atoms with Crippen LogP contribution in [0.4, 0.5) is 10.1 Å². The summed E-state index contributed by atoms with van der Waals surface area (Å²) < 4.78 is 20.4. The van der Waals surface area contributed by atoms with Crippen LogP contribution in [0.1, 0.15) is 10.5 Å². The number of amides is 1. The first-order valence-electron chi connectivity index (χ1n) is 7.68. The highest BCUT2D eigenvalue weighted by atomic mass is 35.5. The normalized spacial score (nSPS) is 13.3. The number of fused-ring (bicyclic) bond motifs is 1. The summed E-state index contributed by atoms with van der Waals surface area (Å²) in [6.45, 7) is 0.670. The van der Waals surface area contributed by atoms with E-state index < -0.39 is 5.82 Å². The van der Waals surface area contributed by atoms with Crippen LogP contribution in [-0.2, 0) is 0 Å². The maximum absolute atomic E-state index is 13.4. The van der Waals surface area contributed by atoms with E-state index in [0.29, 0.717) is 35.3 Å². The molecule has 7 heteroatoms. The van der Waals surface area contributed by atoms with Crippen LogP contribution in [0.15, 0.2) is 54.7 Å². The highest BCUT2D eigenvalue weighted by Gasteiger charge is 2.26. The van der Waals surface area contributed by atoms with Crippen LogP contribution in [0.25, 0.3) is 5.69 Å². The van der Waals surface area contributed by atoms with Crippen molar-refractivity contribution in [3.63, 3.8) is 0 Å². The predicted octanol–water partition coefficient (Wildman–Crippen LogP) is 3.70. The quantitative estimate of drug-likeness (QED) is 0.702. The molecule has 0 N–H and O–H groups in total. The molecule has 0 saturated heterocycles. The summed E-state index contributed by atoms with van der Waals surface area (Å²) in [5.41, 5.74) is 1.50. The van der Waals surface area contributed by atoms with Crippen molar-refractivity contribution in [2.45, 2.75) is 0 Å². The Balaban J connectivity index is 1.66. The number of rotatable bonds is 2. The van der Waals surface area contributed by atoms with Crippen molar-refractivity contribution >= 4 is 23.2 Å². The molecule has 126 valence electrons. The molecule has 1 amide bonds. The van der Waals surface area contributed by atoms with Crippen molar-refractivity contribution in [1.82, 2.24) is 9.78 Å². The number of hydrogen-bond donors (Lipinski definition) is 0. The van der Waals surface area contributed by atoms with Crippen LogP contribution in [0.5, 0.6) is 5.75 Å². The van der Waals surface area contributed by atoms with E-state index in [4.69, 9.17) is 16.3 Å². The number of para-hydroxylation sites is 1. The smallest absolute Gasteiger partial charge is 0.279 e. The number of benzene rings is 2. The van der Waals surface area contributed by atoms with Crippen molar-refractivity contribution in [1.29, 1.82) is 0 Å². The standard InChI is InChI=1S/C18H13ClFN3O2/c19-13-3-1-2-4-15(13)23-8-7-14(21-23)18(24)22-9-10-25-17-11-12(20)5-6-16(17)22/h1-8,11H,9-10H2. The van der Waals surface area contributed by atoms with Crippen LogP contribution in [0.2, 0.25) is 5.02 Å². The fraction of sp³-hybridized carbons (Fsp3) is 0.111.